The number of carbonyl (C=O) groups excluding carboxylic acids is 1. The lowest BCUT2D eigenvalue weighted by atomic mass is 10.2. The number of aromatic hydroxyl groups is 1. The van der Waals surface area contributed by atoms with E-state index in [-0.39, 0.29) is 22.3 Å². The van der Waals surface area contributed by atoms with Gasteiger partial charge < -0.3 is 15.2 Å². The van der Waals surface area contributed by atoms with Crippen LogP contribution in [0.15, 0.2) is 30.6 Å². The van der Waals surface area contributed by atoms with Gasteiger partial charge in [-0.1, -0.05) is 11.6 Å². The molecule has 7 heteroatoms. The van der Waals surface area contributed by atoms with Gasteiger partial charge in [0.05, 0.1) is 19.5 Å². The summed E-state index contributed by atoms with van der Waals surface area (Å²) in [5, 5.41) is 12.4. The van der Waals surface area contributed by atoms with Gasteiger partial charge in [0.1, 0.15) is 5.15 Å². The molecule has 0 aliphatic heterocycles. The number of carbonyl (C=O) groups is 1. The van der Waals surface area contributed by atoms with Gasteiger partial charge in [-0.2, -0.15) is 0 Å². The zero-order valence-corrected chi connectivity index (χ0v) is 10.7. The molecule has 1 amide bonds. The molecule has 0 radical (unpaired) electrons. The number of hydrogen-bond donors (Lipinski definition) is 2. The molecule has 19 heavy (non-hydrogen) atoms. The van der Waals surface area contributed by atoms with Crippen molar-refractivity contribution >= 4 is 23.3 Å². The second-order valence-electron chi connectivity index (χ2n) is 3.57. The molecule has 1 aromatic heterocycles. The Bertz CT molecular complexity index is 602. The molecule has 0 saturated heterocycles. The van der Waals surface area contributed by atoms with Crippen LogP contribution in [0.3, 0.4) is 0 Å². The topological polar surface area (TPSA) is 84.3 Å². The van der Waals surface area contributed by atoms with Crippen LogP contribution in [0.1, 0.15) is 10.4 Å². The summed E-state index contributed by atoms with van der Waals surface area (Å²) < 4.78 is 4.89. The predicted octanol–water partition coefficient (Wildman–Crippen LogP) is 2.10. The zero-order valence-electron chi connectivity index (χ0n) is 9.92. The first kappa shape index (κ1) is 13.1. The van der Waals surface area contributed by atoms with Gasteiger partial charge in [-0.05, 0) is 18.2 Å². The maximum Gasteiger partial charge on any atom is 0.256 e. The molecule has 98 valence electrons. The van der Waals surface area contributed by atoms with E-state index in [1.165, 1.54) is 37.7 Å². The van der Waals surface area contributed by atoms with Crippen molar-refractivity contribution in [2.75, 3.05) is 12.4 Å². The summed E-state index contributed by atoms with van der Waals surface area (Å²) in [6.07, 6.45) is 2.66. The van der Waals surface area contributed by atoms with E-state index in [9.17, 15) is 9.90 Å². The number of hydrogen-bond acceptors (Lipinski definition) is 5. The number of ether oxygens (including phenoxy) is 1. The SMILES string of the molecule is COc1ccc(C(=O)Nc2cnc(Cl)cn2)cc1O. The molecule has 6 nitrogen and oxygen atoms in total. The van der Waals surface area contributed by atoms with Crippen molar-refractivity contribution in [3.63, 3.8) is 0 Å². The van der Waals surface area contributed by atoms with E-state index in [1.54, 1.807) is 0 Å². The summed E-state index contributed by atoms with van der Waals surface area (Å²) >= 11 is 5.59. The van der Waals surface area contributed by atoms with Gasteiger partial charge >= 0.3 is 0 Å². The molecule has 1 heterocycles. The minimum Gasteiger partial charge on any atom is -0.504 e. The standard InChI is InChI=1S/C12H10ClN3O3/c1-19-9-3-2-7(4-8(9)17)12(18)16-11-6-14-10(13)5-15-11/h2-6,17H,1H3,(H,15,16,18). The highest BCUT2D eigenvalue weighted by Crippen LogP contribution is 2.26. The number of aromatic nitrogens is 2. The van der Waals surface area contributed by atoms with Gasteiger partial charge in [0, 0.05) is 5.56 Å². The first-order valence-corrected chi connectivity index (χ1v) is 5.64. The average Bonchev–Trinajstić information content (AvgIpc) is 2.41. The number of phenolic OH excluding ortho intramolecular Hbond substituents is 1. The highest BCUT2D eigenvalue weighted by Gasteiger charge is 2.10. The van der Waals surface area contributed by atoms with Crippen LogP contribution in [0.4, 0.5) is 5.82 Å². The molecule has 0 saturated carbocycles. The van der Waals surface area contributed by atoms with Gasteiger partial charge in [-0.25, -0.2) is 9.97 Å². The van der Waals surface area contributed by atoms with E-state index in [2.05, 4.69) is 15.3 Å². The molecule has 0 aliphatic rings. The summed E-state index contributed by atoms with van der Waals surface area (Å²) in [6, 6.07) is 4.33. The van der Waals surface area contributed by atoms with Gasteiger partial charge in [0.25, 0.3) is 5.91 Å². The Kier molecular flexibility index (Phi) is 3.82. The summed E-state index contributed by atoms with van der Waals surface area (Å²) in [6.45, 7) is 0. The molecule has 0 bridgehead atoms. The van der Waals surface area contributed by atoms with E-state index in [0.29, 0.717) is 5.75 Å². The number of nitrogens with zero attached hydrogens (tertiary/aromatic N) is 2. The van der Waals surface area contributed by atoms with Crippen LogP contribution in [-0.2, 0) is 0 Å². The molecule has 1 aromatic carbocycles. The average molecular weight is 280 g/mol. The van der Waals surface area contributed by atoms with Crippen molar-refractivity contribution in [3.8, 4) is 11.5 Å². The Labute approximate surface area is 114 Å². The lowest BCUT2D eigenvalue weighted by Gasteiger charge is -2.06. The molecule has 2 N–H and O–H groups in total. The number of halogens is 1. The minimum absolute atomic E-state index is 0.114. The lowest BCUT2D eigenvalue weighted by Crippen LogP contribution is -2.13. The highest BCUT2D eigenvalue weighted by atomic mass is 35.5. The van der Waals surface area contributed by atoms with Crippen LogP contribution in [0.25, 0.3) is 0 Å². The van der Waals surface area contributed by atoms with E-state index in [4.69, 9.17) is 16.3 Å². The number of anilines is 1. The van der Waals surface area contributed by atoms with Gasteiger partial charge in [-0.15, -0.1) is 0 Å². The Morgan fingerprint density at radius 3 is 2.74 bits per heavy atom. The minimum atomic E-state index is -0.422. The second kappa shape index (κ2) is 5.53. The third-order valence-corrected chi connectivity index (χ3v) is 2.50. The van der Waals surface area contributed by atoms with Crippen LogP contribution in [0, 0.1) is 0 Å². The molecular weight excluding hydrogens is 270 g/mol. The Morgan fingerprint density at radius 2 is 2.16 bits per heavy atom. The summed E-state index contributed by atoms with van der Waals surface area (Å²) in [4.78, 5) is 19.6. The number of nitrogens with one attached hydrogen (secondary N) is 1. The fraction of sp³-hybridized carbons (Fsp3) is 0.0833. The quantitative estimate of drug-likeness (QED) is 0.899. The smallest absolute Gasteiger partial charge is 0.256 e. The summed E-state index contributed by atoms with van der Waals surface area (Å²) in [5.41, 5.74) is 0.273. The third-order valence-electron chi connectivity index (χ3n) is 2.30. The monoisotopic (exact) mass is 279 g/mol. The molecule has 2 aromatic rings. The number of methoxy groups -OCH3 is 1. The molecule has 0 spiro atoms. The number of benzene rings is 1. The van der Waals surface area contributed by atoms with E-state index < -0.39 is 5.91 Å². The van der Waals surface area contributed by atoms with Crippen LogP contribution >= 0.6 is 11.6 Å². The lowest BCUT2D eigenvalue weighted by molar-refractivity contribution is 0.102. The maximum absolute atomic E-state index is 11.9. The van der Waals surface area contributed by atoms with Crippen LogP contribution < -0.4 is 10.1 Å². The van der Waals surface area contributed by atoms with Crippen molar-refractivity contribution in [2.45, 2.75) is 0 Å². The fourth-order valence-electron chi connectivity index (χ4n) is 1.40. The summed E-state index contributed by atoms with van der Waals surface area (Å²) in [7, 11) is 1.43. The Hall–Kier alpha value is -2.34. The third kappa shape index (κ3) is 3.11. The molecule has 0 aliphatic carbocycles. The van der Waals surface area contributed by atoms with E-state index in [1.807, 2.05) is 0 Å². The molecule has 2 rings (SSSR count). The van der Waals surface area contributed by atoms with Crippen LogP contribution in [0.5, 0.6) is 11.5 Å². The van der Waals surface area contributed by atoms with Gasteiger partial charge in [-0.3, -0.25) is 4.79 Å². The van der Waals surface area contributed by atoms with Crippen molar-refractivity contribution in [2.24, 2.45) is 0 Å². The molecule has 0 fully saturated rings. The number of amides is 1. The van der Waals surface area contributed by atoms with E-state index in [0.717, 1.165) is 0 Å². The van der Waals surface area contributed by atoms with E-state index >= 15 is 0 Å². The van der Waals surface area contributed by atoms with Crippen molar-refractivity contribution in [1.29, 1.82) is 0 Å². The van der Waals surface area contributed by atoms with Crippen molar-refractivity contribution in [1.82, 2.24) is 9.97 Å². The first-order chi connectivity index (χ1) is 9.10. The molecular formula is C12H10ClN3O3. The maximum atomic E-state index is 11.9. The number of rotatable bonds is 3. The summed E-state index contributed by atoms with van der Waals surface area (Å²) in [5.74, 6) is 0.0273. The normalized spacial score (nSPS) is 10.0. The Morgan fingerprint density at radius 1 is 1.37 bits per heavy atom. The second-order valence-corrected chi connectivity index (χ2v) is 3.95. The number of phenols is 1. The van der Waals surface area contributed by atoms with Crippen molar-refractivity contribution in [3.05, 3.63) is 41.3 Å². The largest absolute Gasteiger partial charge is 0.504 e. The van der Waals surface area contributed by atoms with Gasteiger partial charge in [0.2, 0.25) is 0 Å². The van der Waals surface area contributed by atoms with Gasteiger partial charge in [0.15, 0.2) is 17.3 Å². The van der Waals surface area contributed by atoms with Crippen LogP contribution in [-0.4, -0.2) is 28.1 Å². The first-order valence-electron chi connectivity index (χ1n) is 5.26. The zero-order chi connectivity index (χ0) is 13.8. The molecule has 0 unspecified atom stereocenters. The highest BCUT2D eigenvalue weighted by molar-refractivity contribution is 6.29. The predicted molar refractivity (Wildman–Crippen MR) is 69.7 cm³/mol. The fourth-order valence-corrected chi connectivity index (χ4v) is 1.49. The molecule has 0 atom stereocenters. The van der Waals surface area contributed by atoms with Crippen molar-refractivity contribution < 1.29 is 14.6 Å². The Balaban J connectivity index is 2.16. The van der Waals surface area contributed by atoms with Crippen LogP contribution in [0.2, 0.25) is 5.15 Å².